The molecule has 0 spiro atoms. The summed E-state index contributed by atoms with van der Waals surface area (Å²) in [6.07, 6.45) is 0. The van der Waals surface area contributed by atoms with Crippen LogP contribution in [-0.2, 0) is 17.9 Å². The van der Waals surface area contributed by atoms with Crippen molar-refractivity contribution >= 4 is 28.9 Å². The van der Waals surface area contributed by atoms with Crippen molar-refractivity contribution in [3.8, 4) is 0 Å². The van der Waals surface area contributed by atoms with Gasteiger partial charge in [0.25, 0.3) is 0 Å². The molecule has 33 heavy (non-hydrogen) atoms. The maximum Gasteiger partial charge on any atom is 0.248 e. The fourth-order valence-corrected chi connectivity index (χ4v) is 4.15. The van der Waals surface area contributed by atoms with Crippen LogP contribution in [0.5, 0.6) is 0 Å². The lowest BCUT2D eigenvalue weighted by molar-refractivity contribution is -0.115. The SMILES string of the molecule is CC(=Nc1ccc(CN(C)Cc2ccc(C)cc2)cc1)C1C(=O)Nc2cc(C(N)=O)ccc21. The Bertz CT molecular complexity index is 1210. The van der Waals surface area contributed by atoms with Crippen molar-refractivity contribution in [3.05, 3.63) is 94.5 Å². The largest absolute Gasteiger partial charge is 0.366 e. The number of aryl methyl sites for hydroxylation is 1. The Balaban J connectivity index is 1.44. The summed E-state index contributed by atoms with van der Waals surface area (Å²) in [6.45, 7) is 5.66. The molecular weight excluding hydrogens is 412 g/mol. The topological polar surface area (TPSA) is 87.8 Å². The van der Waals surface area contributed by atoms with Gasteiger partial charge >= 0.3 is 0 Å². The van der Waals surface area contributed by atoms with E-state index in [0.717, 1.165) is 24.3 Å². The van der Waals surface area contributed by atoms with Gasteiger partial charge in [-0.25, -0.2) is 0 Å². The normalized spacial score (nSPS) is 15.5. The van der Waals surface area contributed by atoms with Crippen molar-refractivity contribution in [1.82, 2.24) is 4.90 Å². The molecule has 0 aliphatic carbocycles. The van der Waals surface area contributed by atoms with Gasteiger partial charge in [0.15, 0.2) is 0 Å². The second-order valence-corrected chi connectivity index (χ2v) is 8.67. The average molecular weight is 441 g/mol. The molecule has 1 unspecified atom stereocenters. The smallest absolute Gasteiger partial charge is 0.248 e. The molecule has 4 rings (SSSR count). The van der Waals surface area contributed by atoms with E-state index in [1.165, 1.54) is 16.7 Å². The number of aliphatic imine (C=N–C) groups is 1. The number of hydrogen-bond donors (Lipinski definition) is 2. The van der Waals surface area contributed by atoms with Crippen molar-refractivity contribution in [2.75, 3.05) is 12.4 Å². The molecule has 1 aliphatic rings. The summed E-state index contributed by atoms with van der Waals surface area (Å²) in [5.41, 5.74) is 12.4. The zero-order valence-electron chi connectivity index (χ0n) is 19.1. The second kappa shape index (κ2) is 9.38. The van der Waals surface area contributed by atoms with E-state index in [1.807, 2.05) is 19.1 Å². The molecule has 1 aliphatic heterocycles. The van der Waals surface area contributed by atoms with Gasteiger partial charge in [0.2, 0.25) is 11.8 Å². The summed E-state index contributed by atoms with van der Waals surface area (Å²) in [4.78, 5) is 31.0. The van der Waals surface area contributed by atoms with Crippen LogP contribution in [0, 0.1) is 6.92 Å². The van der Waals surface area contributed by atoms with Gasteiger partial charge in [0.05, 0.1) is 5.69 Å². The number of nitrogens with two attached hydrogens (primary N) is 1. The minimum Gasteiger partial charge on any atom is -0.366 e. The van der Waals surface area contributed by atoms with Crippen molar-refractivity contribution in [2.45, 2.75) is 32.9 Å². The van der Waals surface area contributed by atoms with E-state index in [1.54, 1.807) is 18.2 Å². The lowest BCUT2D eigenvalue weighted by Crippen LogP contribution is -2.18. The van der Waals surface area contributed by atoms with Gasteiger partial charge in [-0.05, 0) is 61.9 Å². The lowest BCUT2D eigenvalue weighted by atomic mass is 9.95. The highest BCUT2D eigenvalue weighted by molar-refractivity contribution is 6.18. The number of carbonyl (C=O) groups excluding carboxylic acids is 2. The maximum absolute atomic E-state index is 12.6. The fourth-order valence-electron chi connectivity index (χ4n) is 4.15. The van der Waals surface area contributed by atoms with Crippen LogP contribution in [0.1, 0.15) is 45.5 Å². The van der Waals surface area contributed by atoms with Gasteiger partial charge in [0.1, 0.15) is 5.92 Å². The lowest BCUT2D eigenvalue weighted by Gasteiger charge is -2.17. The van der Waals surface area contributed by atoms with Crippen LogP contribution in [0.25, 0.3) is 0 Å². The van der Waals surface area contributed by atoms with Crippen molar-refractivity contribution in [2.24, 2.45) is 10.7 Å². The molecule has 0 radical (unpaired) electrons. The minimum absolute atomic E-state index is 0.151. The first-order chi connectivity index (χ1) is 15.8. The zero-order valence-corrected chi connectivity index (χ0v) is 19.1. The highest BCUT2D eigenvalue weighted by Gasteiger charge is 2.33. The molecule has 1 heterocycles. The number of benzene rings is 3. The highest BCUT2D eigenvalue weighted by Crippen LogP contribution is 2.35. The molecule has 6 nitrogen and oxygen atoms in total. The summed E-state index contributed by atoms with van der Waals surface area (Å²) >= 11 is 0. The zero-order chi connectivity index (χ0) is 23.5. The summed E-state index contributed by atoms with van der Waals surface area (Å²) < 4.78 is 0. The first-order valence-corrected chi connectivity index (χ1v) is 10.9. The van der Waals surface area contributed by atoms with E-state index < -0.39 is 11.8 Å². The predicted octanol–water partition coefficient (Wildman–Crippen LogP) is 4.55. The van der Waals surface area contributed by atoms with E-state index in [2.05, 4.69) is 60.6 Å². The molecule has 0 bridgehead atoms. The van der Waals surface area contributed by atoms with Gasteiger partial charge in [-0.3, -0.25) is 19.5 Å². The Hall–Kier alpha value is -3.77. The van der Waals surface area contributed by atoms with Crippen LogP contribution in [0.3, 0.4) is 0 Å². The molecule has 0 fully saturated rings. The predicted molar refractivity (Wildman–Crippen MR) is 132 cm³/mol. The van der Waals surface area contributed by atoms with Crippen LogP contribution in [-0.4, -0.2) is 29.5 Å². The molecular formula is C27H28N4O2. The van der Waals surface area contributed by atoms with Crippen LogP contribution in [0.15, 0.2) is 71.7 Å². The van der Waals surface area contributed by atoms with E-state index in [9.17, 15) is 9.59 Å². The Morgan fingerprint density at radius 1 is 1.00 bits per heavy atom. The third kappa shape index (κ3) is 5.18. The molecule has 168 valence electrons. The van der Waals surface area contributed by atoms with Crippen molar-refractivity contribution in [1.29, 1.82) is 0 Å². The van der Waals surface area contributed by atoms with Crippen LogP contribution in [0.4, 0.5) is 11.4 Å². The fraction of sp³-hybridized carbons (Fsp3) is 0.222. The molecule has 3 N–H and O–H groups in total. The third-order valence-corrected chi connectivity index (χ3v) is 5.85. The first kappa shape index (κ1) is 22.4. The quantitative estimate of drug-likeness (QED) is 0.528. The summed E-state index contributed by atoms with van der Waals surface area (Å²) in [6, 6.07) is 21.7. The number of amides is 2. The minimum atomic E-state index is -0.523. The molecule has 0 saturated heterocycles. The van der Waals surface area contributed by atoms with Crippen LogP contribution >= 0.6 is 0 Å². The Kier molecular flexibility index (Phi) is 6.38. The van der Waals surface area contributed by atoms with Gasteiger partial charge in [-0.1, -0.05) is 48.0 Å². The highest BCUT2D eigenvalue weighted by atomic mass is 16.2. The van der Waals surface area contributed by atoms with E-state index in [-0.39, 0.29) is 5.91 Å². The first-order valence-electron chi connectivity index (χ1n) is 10.9. The molecule has 0 saturated carbocycles. The van der Waals surface area contributed by atoms with Crippen LogP contribution in [0.2, 0.25) is 0 Å². The maximum atomic E-state index is 12.6. The van der Waals surface area contributed by atoms with Gasteiger partial charge in [0, 0.05) is 30.1 Å². The number of nitrogens with zero attached hydrogens (tertiary/aromatic N) is 2. The Morgan fingerprint density at radius 2 is 1.61 bits per heavy atom. The summed E-state index contributed by atoms with van der Waals surface area (Å²) in [5.74, 6) is -1.16. The van der Waals surface area contributed by atoms with E-state index in [0.29, 0.717) is 17.0 Å². The molecule has 0 aromatic heterocycles. The van der Waals surface area contributed by atoms with E-state index >= 15 is 0 Å². The molecule has 3 aromatic carbocycles. The standard InChI is InChI=1S/C27H28N4O2/c1-17-4-6-19(7-5-17)15-31(3)16-20-8-11-22(12-9-20)29-18(2)25-23-13-10-21(26(28)32)14-24(23)30-27(25)33/h4-14,25H,15-16H2,1-3H3,(H2,28,32)(H,30,33). The van der Waals surface area contributed by atoms with Gasteiger partial charge < -0.3 is 11.1 Å². The number of primary amides is 1. The number of carbonyl (C=O) groups is 2. The van der Waals surface area contributed by atoms with Crippen molar-refractivity contribution < 1.29 is 9.59 Å². The molecule has 1 atom stereocenters. The van der Waals surface area contributed by atoms with Crippen LogP contribution < -0.4 is 11.1 Å². The molecule has 6 heteroatoms. The van der Waals surface area contributed by atoms with Crippen molar-refractivity contribution in [3.63, 3.8) is 0 Å². The number of nitrogens with one attached hydrogen (secondary N) is 1. The number of rotatable bonds is 7. The van der Waals surface area contributed by atoms with Gasteiger partial charge in [-0.2, -0.15) is 0 Å². The summed E-state index contributed by atoms with van der Waals surface area (Å²) in [7, 11) is 2.11. The summed E-state index contributed by atoms with van der Waals surface area (Å²) in [5, 5.41) is 2.83. The number of anilines is 1. The molecule has 3 aromatic rings. The number of hydrogen-bond acceptors (Lipinski definition) is 4. The Labute approximate surface area is 194 Å². The van der Waals surface area contributed by atoms with E-state index in [4.69, 9.17) is 10.7 Å². The monoisotopic (exact) mass is 440 g/mol. The average Bonchev–Trinajstić information content (AvgIpc) is 3.11. The van der Waals surface area contributed by atoms with Gasteiger partial charge in [-0.15, -0.1) is 0 Å². The second-order valence-electron chi connectivity index (χ2n) is 8.67. The third-order valence-electron chi connectivity index (χ3n) is 5.85. The number of fused-ring (bicyclic) bond motifs is 1. The Morgan fingerprint density at radius 3 is 2.21 bits per heavy atom. The molecule has 2 amide bonds.